The van der Waals surface area contributed by atoms with Gasteiger partial charge in [0.25, 0.3) is 0 Å². The van der Waals surface area contributed by atoms with E-state index in [0.717, 1.165) is 37.0 Å². The van der Waals surface area contributed by atoms with E-state index in [2.05, 4.69) is 39.1 Å². The summed E-state index contributed by atoms with van der Waals surface area (Å²) in [5.74, 6) is 1.80. The number of nitrogens with zero attached hydrogens (tertiary/aromatic N) is 4. The molecule has 1 saturated heterocycles. The fraction of sp³-hybridized carbons (Fsp3) is 0.733. The average Bonchev–Trinajstić information content (AvgIpc) is 2.84. The summed E-state index contributed by atoms with van der Waals surface area (Å²) in [7, 11) is 4.06. The topological polar surface area (TPSA) is 44.3 Å². The molecule has 1 atom stereocenters. The lowest BCUT2D eigenvalue weighted by molar-refractivity contribution is 0.192. The van der Waals surface area contributed by atoms with Crippen molar-refractivity contribution in [1.82, 2.24) is 19.8 Å². The van der Waals surface area contributed by atoms with Crippen molar-refractivity contribution in [1.29, 1.82) is 0 Å². The summed E-state index contributed by atoms with van der Waals surface area (Å²) in [6.07, 6.45) is 2.64. The van der Waals surface area contributed by atoms with Gasteiger partial charge < -0.3 is 5.32 Å². The molecule has 1 N–H and O–H groups in total. The third-order valence-corrected chi connectivity index (χ3v) is 4.00. The van der Waals surface area contributed by atoms with E-state index in [-0.39, 0.29) is 0 Å². The quantitative estimate of drug-likeness (QED) is 0.858. The first-order valence-corrected chi connectivity index (χ1v) is 7.57. The molecule has 0 radical (unpaired) electrons. The zero-order valence-electron chi connectivity index (χ0n) is 13.2. The van der Waals surface area contributed by atoms with Crippen LogP contribution in [0, 0.1) is 6.92 Å². The van der Waals surface area contributed by atoms with Crippen molar-refractivity contribution >= 4 is 5.82 Å². The van der Waals surface area contributed by atoms with Crippen LogP contribution in [-0.2, 0) is 6.54 Å². The number of likely N-dealkylation sites (N-methyl/N-ethyl adjacent to an activating group) is 2. The molecule has 5 nitrogen and oxygen atoms in total. The summed E-state index contributed by atoms with van der Waals surface area (Å²) >= 11 is 0. The maximum Gasteiger partial charge on any atom is 0.144 e. The Labute approximate surface area is 122 Å². The van der Waals surface area contributed by atoms with Gasteiger partial charge in [-0.1, -0.05) is 6.92 Å². The zero-order valence-corrected chi connectivity index (χ0v) is 13.2. The summed E-state index contributed by atoms with van der Waals surface area (Å²) in [5, 5.41) is 3.09. The summed E-state index contributed by atoms with van der Waals surface area (Å²) < 4.78 is 0. The van der Waals surface area contributed by atoms with Gasteiger partial charge in [-0.15, -0.1) is 0 Å². The second-order valence-corrected chi connectivity index (χ2v) is 5.68. The third kappa shape index (κ3) is 3.90. The molecular weight excluding hydrogens is 250 g/mol. The molecule has 0 amide bonds. The molecule has 0 bridgehead atoms. The standard InChI is InChI=1S/C15H27N5/c1-5-20-8-6-7-13(20)10-19(4)11-15-17-12(2)9-14(16-3)18-15/h9,13H,5-8,10-11H2,1-4H3,(H,16,17,18). The van der Waals surface area contributed by atoms with Crippen LogP contribution in [0.1, 0.15) is 31.3 Å². The predicted octanol–water partition coefficient (Wildman–Crippen LogP) is 1.74. The van der Waals surface area contributed by atoms with Crippen LogP contribution in [0.2, 0.25) is 0 Å². The van der Waals surface area contributed by atoms with Gasteiger partial charge in [0.15, 0.2) is 0 Å². The molecule has 1 aromatic heterocycles. The lowest BCUT2D eigenvalue weighted by atomic mass is 10.2. The van der Waals surface area contributed by atoms with Crippen molar-refractivity contribution < 1.29 is 0 Å². The number of likely N-dealkylation sites (tertiary alicyclic amines) is 1. The number of hydrogen-bond donors (Lipinski definition) is 1. The van der Waals surface area contributed by atoms with Crippen molar-refractivity contribution in [3.05, 3.63) is 17.6 Å². The van der Waals surface area contributed by atoms with Gasteiger partial charge in [0.05, 0.1) is 6.54 Å². The second-order valence-electron chi connectivity index (χ2n) is 5.68. The lowest BCUT2D eigenvalue weighted by Crippen LogP contribution is -2.38. The van der Waals surface area contributed by atoms with Gasteiger partial charge in [-0.2, -0.15) is 0 Å². The number of nitrogens with one attached hydrogen (secondary N) is 1. The molecular formula is C15H27N5. The highest BCUT2D eigenvalue weighted by Gasteiger charge is 2.24. The van der Waals surface area contributed by atoms with Gasteiger partial charge in [-0.3, -0.25) is 9.80 Å². The summed E-state index contributed by atoms with van der Waals surface area (Å²) in [6.45, 7) is 8.58. The Bertz CT molecular complexity index is 434. The Morgan fingerprint density at radius 3 is 2.95 bits per heavy atom. The van der Waals surface area contributed by atoms with Crippen molar-refractivity contribution in [3.8, 4) is 0 Å². The normalized spacial score (nSPS) is 19.8. The Hall–Kier alpha value is -1.20. The summed E-state index contributed by atoms with van der Waals surface area (Å²) in [6, 6.07) is 2.66. The Morgan fingerprint density at radius 1 is 1.45 bits per heavy atom. The van der Waals surface area contributed by atoms with E-state index in [1.54, 1.807) is 0 Å². The Balaban J connectivity index is 1.94. The van der Waals surface area contributed by atoms with Gasteiger partial charge in [-0.25, -0.2) is 9.97 Å². The van der Waals surface area contributed by atoms with Gasteiger partial charge in [0.2, 0.25) is 0 Å². The van der Waals surface area contributed by atoms with E-state index in [1.807, 2.05) is 20.0 Å². The minimum Gasteiger partial charge on any atom is -0.373 e. The molecule has 112 valence electrons. The van der Waals surface area contributed by atoms with Gasteiger partial charge >= 0.3 is 0 Å². The molecule has 1 aromatic rings. The molecule has 0 saturated carbocycles. The number of anilines is 1. The van der Waals surface area contributed by atoms with Crippen LogP contribution in [0.25, 0.3) is 0 Å². The van der Waals surface area contributed by atoms with Crippen LogP contribution >= 0.6 is 0 Å². The highest BCUT2D eigenvalue weighted by atomic mass is 15.2. The van der Waals surface area contributed by atoms with Crippen LogP contribution in [0.4, 0.5) is 5.82 Å². The molecule has 0 aromatic carbocycles. The van der Waals surface area contributed by atoms with Crippen LogP contribution in [0.5, 0.6) is 0 Å². The maximum absolute atomic E-state index is 4.53. The number of hydrogen-bond acceptors (Lipinski definition) is 5. The fourth-order valence-electron chi connectivity index (χ4n) is 3.01. The maximum atomic E-state index is 4.53. The van der Waals surface area contributed by atoms with E-state index in [9.17, 15) is 0 Å². The predicted molar refractivity (Wildman–Crippen MR) is 82.9 cm³/mol. The monoisotopic (exact) mass is 277 g/mol. The van der Waals surface area contributed by atoms with E-state index in [4.69, 9.17) is 0 Å². The smallest absolute Gasteiger partial charge is 0.144 e. The van der Waals surface area contributed by atoms with Crippen molar-refractivity contribution in [2.45, 2.75) is 39.3 Å². The second kappa shape index (κ2) is 6.99. The highest BCUT2D eigenvalue weighted by Crippen LogP contribution is 2.17. The first-order chi connectivity index (χ1) is 9.62. The summed E-state index contributed by atoms with van der Waals surface area (Å²) in [4.78, 5) is 14.0. The number of aromatic nitrogens is 2. The fourth-order valence-corrected chi connectivity index (χ4v) is 3.01. The van der Waals surface area contributed by atoms with E-state index < -0.39 is 0 Å². The van der Waals surface area contributed by atoms with Crippen molar-refractivity contribution in [2.24, 2.45) is 0 Å². The molecule has 1 aliphatic rings. The molecule has 2 heterocycles. The van der Waals surface area contributed by atoms with E-state index >= 15 is 0 Å². The minimum absolute atomic E-state index is 0.693. The van der Waals surface area contributed by atoms with E-state index in [0.29, 0.717) is 6.04 Å². The Morgan fingerprint density at radius 2 is 2.25 bits per heavy atom. The molecule has 20 heavy (non-hydrogen) atoms. The van der Waals surface area contributed by atoms with Gasteiger partial charge in [0, 0.05) is 31.4 Å². The minimum atomic E-state index is 0.693. The first-order valence-electron chi connectivity index (χ1n) is 7.57. The van der Waals surface area contributed by atoms with Crippen LogP contribution in [0.3, 0.4) is 0 Å². The number of aryl methyl sites for hydroxylation is 1. The molecule has 1 fully saturated rings. The third-order valence-electron chi connectivity index (χ3n) is 4.00. The molecule has 1 unspecified atom stereocenters. The van der Waals surface area contributed by atoms with Crippen LogP contribution in [-0.4, -0.2) is 59.5 Å². The molecule has 0 aliphatic carbocycles. The molecule has 1 aliphatic heterocycles. The SMILES string of the molecule is CCN1CCCC1CN(C)Cc1nc(C)cc(NC)n1. The van der Waals surface area contributed by atoms with Crippen LogP contribution < -0.4 is 5.32 Å². The van der Waals surface area contributed by atoms with Gasteiger partial charge in [-0.05, 0) is 39.9 Å². The largest absolute Gasteiger partial charge is 0.373 e. The van der Waals surface area contributed by atoms with Crippen molar-refractivity contribution in [2.75, 3.05) is 39.0 Å². The first kappa shape index (κ1) is 15.2. The van der Waals surface area contributed by atoms with E-state index in [1.165, 1.54) is 19.4 Å². The van der Waals surface area contributed by atoms with Crippen LogP contribution in [0.15, 0.2) is 6.07 Å². The average molecular weight is 277 g/mol. The summed E-state index contributed by atoms with van der Waals surface area (Å²) in [5.41, 5.74) is 1.02. The molecule has 2 rings (SSSR count). The highest BCUT2D eigenvalue weighted by molar-refractivity contribution is 5.34. The molecule has 0 spiro atoms. The van der Waals surface area contributed by atoms with Crippen molar-refractivity contribution in [3.63, 3.8) is 0 Å². The Kier molecular flexibility index (Phi) is 5.31. The molecule has 5 heteroatoms. The zero-order chi connectivity index (χ0) is 14.5. The lowest BCUT2D eigenvalue weighted by Gasteiger charge is -2.27. The van der Waals surface area contributed by atoms with Gasteiger partial charge in [0.1, 0.15) is 11.6 Å². The number of rotatable bonds is 6.